The minimum atomic E-state index is -3.97. The van der Waals surface area contributed by atoms with E-state index in [4.69, 9.17) is 0 Å². The molecule has 10 heteroatoms. The van der Waals surface area contributed by atoms with Gasteiger partial charge in [0, 0.05) is 25.1 Å². The van der Waals surface area contributed by atoms with Crippen molar-refractivity contribution in [2.45, 2.75) is 25.9 Å². The molecular weight excluding hydrogens is 500 g/mol. The first-order chi connectivity index (χ1) is 17.6. The largest absolute Gasteiger partial charge is 0.355 e. The fraction of sp³-hybridized carbons (Fsp3) is 0.259. The fourth-order valence-corrected chi connectivity index (χ4v) is 4.73. The quantitative estimate of drug-likeness (QED) is 0.412. The third-order valence-corrected chi connectivity index (χ3v) is 6.86. The minimum Gasteiger partial charge on any atom is -0.355 e. The number of likely N-dealkylation sites (N-methyl/N-ethyl adjacent to an activating group) is 1. The van der Waals surface area contributed by atoms with E-state index in [9.17, 15) is 26.8 Å². The molecular formula is C27H29F2N3O4S. The van der Waals surface area contributed by atoms with Crippen LogP contribution in [-0.4, -0.2) is 50.5 Å². The second-order valence-electron chi connectivity index (χ2n) is 8.46. The maximum Gasteiger partial charge on any atom is 0.244 e. The Morgan fingerprint density at radius 2 is 1.54 bits per heavy atom. The number of sulfonamides is 1. The number of benzene rings is 3. The van der Waals surface area contributed by atoms with Gasteiger partial charge in [-0.2, -0.15) is 0 Å². The van der Waals surface area contributed by atoms with Crippen molar-refractivity contribution in [3.63, 3.8) is 0 Å². The van der Waals surface area contributed by atoms with Crippen LogP contribution in [0.2, 0.25) is 0 Å². The number of anilines is 1. The van der Waals surface area contributed by atoms with Crippen LogP contribution >= 0.6 is 0 Å². The van der Waals surface area contributed by atoms with Crippen molar-refractivity contribution in [1.29, 1.82) is 0 Å². The minimum absolute atomic E-state index is 0.0840. The first-order valence-electron chi connectivity index (χ1n) is 11.7. The first-order valence-corrected chi connectivity index (χ1v) is 13.5. The van der Waals surface area contributed by atoms with Crippen LogP contribution in [0.5, 0.6) is 0 Å². The van der Waals surface area contributed by atoms with E-state index in [1.54, 1.807) is 37.3 Å². The lowest BCUT2D eigenvalue weighted by Gasteiger charge is -2.33. The summed E-state index contributed by atoms with van der Waals surface area (Å²) in [5, 5.41) is 2.72. The van der Waals surface area contributed by atoms with E-state index in [0.717, 1.165) is 28.3 Å². The van der Waals surface area contributed by atoms with Crippen molar-refractivity contribution in [3.05, 3.63) is 102 Å². The van der Waals surface area contributed by atoms with Crippen LogP contribution in [0.3, 0.4) is 0 Å². The number of carbonyl (C=O) groups is 2. The van der Waals surface area contributed by atoms with Gasteiger partial charge in [0.1, 0.15) is 24.2 Å². The zero-order valence-electron chi connectivity index (χ0n) is 20.6. The third kappa shape index (κ3) is 7.60. The highest BCUT2D eigenvalue weighted by atomic mass is 32.2. The highest BCUT2D eigenvalue weighted by Gasteiger charge is 2.33. The van der Waals surface area contributed by atoms with Crippen LogP contribution in [0.1, 0.15) is 18.1 Å². The van der Waals surface area contributed by atoms with Gasteiger partial charge in [-0.3, -0.25) is 13.9 Å². The van der Waals surface area contributed by atoms with E-state index in [-0.39, 0.29) is 24.2 Å². The molecule has 0 unspecified atom stereocenters. The summed E-state index contributed by atoms with van der Waals surface area (Å²) >= 11 is 0. The van der Waals surface area contributed by atoms with Gasteiger partial charge >= 0.3 is 0 Å². The molecule has 3 aromatic carbocycles. The van der Waals surface area contributed by atoms with Gasteiger partial charge in [-0.25, -0.2) is 17.2 Å². The Labute approximate surface area is 215 Å². The van der Waals surface area contributed by atoms with Crippen LogP contribution in [0.15, 0.2) is 78.9 Å². The topological polar surface area (TPSA) is 86.8 Å². The summed E-state index contributed by atoms with van der Waals surface area (Å²) in [7, 11) is -3.97. The molecule has 0 aliphatic heterocycles. The van der Waals surface area contributed by atoms with Gasteiger partial charge in [0.05, 0.1) is 11.9 Å². The van der Waals surface area contributed by atoms with Crippen molar-refractivity contribution in [2.24, 2.45) is 0 Å². The Kier molecular flexibility index (Phi) is 9.35. The van der Waals surface area contributed by atoms with Crippen LogP contribution in [0.4, 0.5) is 14.5 Å². The molecule has 0 spiro atoms. The van der Waals surface area contributed by atoms with E-state index in [0.29, 0.717) is 6.54 Å². The predicted octanol–water partition coefficient (Wildman–Crippen LogP) is 3.51. The number of nitrogens with zero attached hydrogens (tertiary/aromatic N) is 2. The van der Waals surface area contributed by atoms with Gasteiger partial charge < -0.3 is 10.2 Å². The number of halogens is 2. The van der Waals surface area contributed by atoms with E-state index in [2.05, 4.69) is 5.32 Å². The average Bonchev–Trinajstić information content (AvgIpc) is 2.86. The molecule has 37 heavy (non-hydrogen) atoms. The fourth-order valence-electron chi connectivity index (χ4n) is 3.88. The third-order valence-electron chi connectivity index (χ3n) is 5.71. The van der Waals surface area contributed by atoms with E-state index in [1.807, 2.05) is 6.07 Å². The van der Waals surface area contributed by atoms with Gasteiger partial charge in [0.25, 0.3) is 0 Å². The van der Waals surface area contributed by atoms with Crippen molar-refractivity contribution >= 4 is 27.5 Å². The summed E-state index contributed by atoms with van der Waals surface area (Å²) in [6, 6.07) is 18.5. The van der Waals surface area contributed by atoms with Gasteiger partial charge in [-0.05, 0) is 42.8 Å². The van der Waals surface area contributed by atoms with Crippen LogP contribution < -0.4 is 9.62 Å². The van der Waals surface area contributed by atoms with E-state index < -0.39 is 46.1 Å². The van der Waals surface area contributed by atoms with Gasteiger partial charge in [0.2, 0.25) is 21.8 Å². The highest BCUT2D eigenvalue weighted by molar-refractivity contribution is 7.92. The lowest BCUT2D eigenvalue weighted by atomic mass is 10.0. The molecule has 0 heterocycles. The number of nitrogens with one attached hydrogen (secondary N) is 1. The lowest BCUT2D eigenvalue weighted by molar-refractivity contribution is -0.140. The van der Waals surface area contributed by atoms with E-state index >= 15 is 0 Å². The molecule has 7 nitrogen and oxygen atoms in total. The van der Waals surface area contributed by atoms with Crippen LogP contribution in [0.25, 0.3) is 0 Å². The highest BCUT2D eigenvalue weighted by Crippen LogP contribution is 2.21. The number of rotatable bonds is 11. The normalized spacial score (nSPS) is 12.0. The summed E-state index contributed by atoms with van der Waals surface area (Å²) in [4.78, 5) is 28.1. The first kappa shape index (κ1) is 27.8. The predicted molar refractivity (Wildman–Crippen MR) is 138 cm³/mol. The summed E-state index contributed by atoms with van der Waals surface area (Å²) in [5.41, 5.74) is 1.02. The molecule has 3 rings (SSSR count). The van der Waals surface area contributed by atoms with Crippen molar-refractivity contribution in [3.8, 4) is 0 Å². The Balaban J connectivity index is 2.04. The second kappa shape index (κ2) is 12.4. The van der Waals surface area contributed by atoms with Crippen molar-refractivity contribution in [1.82, 2.24) is 10.2 Å². The standard InChI is InChI=1S/C27H29F2N3O4S/c1-3-30-27(34)25(17-20-9-5-4-6-10-20)31(18-21-11-7-8-12-24(21)29)26(33)19-32(37(2,35)36)23-15-13-22(28)14-16-23/h4-16,25H,3,17-19H2,1-2H3,(H,30,34)/t25-/m1/s1. The van der Waals surface area contributed by atoms with Crippen LogP contribution in [0, 0.1) is 11.6 Å². The zero-order valence-corrected chi connectivity index (χ0v) is 21.4. The SMILES string of the molecule is CCNC(=O)[C@@H](Cc1ccccc1)N(Cc1ccccc1F)C(=O)CN(c1ccc(F)cc1)S(C)(=O)=O. The summed E-state index contributed by atoms with van der Waals surface area (Å²) in [6.45, 7) is 1.11. The number of hydrogen-bond donors (Lipinski definition) is 1. The molecule has 2 amide bonds. The Morgan fingerprint density at radius 1 is 0.919 bits per heavy atom. The molecule has 1 N–H and O–H groups in total. The molecule has 0 bridgehead atoms. The maximum absolute atomic E-state index is 14.6. The molecule has 0 saturated heterocycles. The van der Waals surface area contributed by atoms with Crippen molar-refractivity contribution in [2.75, 3.05) is 23.7 Å². The molecule has 0 saturated carbocycles. The zero-order chi connectivity index (χ0) is 27.0. The lowest BCUT2D eigenvalue weighted by Crippen LogP contribution is -2.53. The molecule has 1 atom stereocenters. The maximum atomic E-state index is 14.6. The molecule has 196 valence electrons. The van der Waals surface area contributed by atoms with Gasteiger partial charge in [0.15, 0.2) is 0 Å². The molecule has 0 radical (unpaired) electrons. The Bertz CT molecular complexity index is 1320. The Hall–Kier alpha value is -3.79. The number of hydrogen-bond acceptors (Lipinski definition) is 4. The smallest absolute Gasteiger partial charge is 0.244 e. The molecule has 0 fully saturated rings. The molecule has 0 aliphatic carbocycles. The van der Waals surface area contributed by atoms with Crippen molar-refractivity contribution < 1.29 is 26.8 Å². The summed E-state index contributed by atoms with van der Waals surface area (Å²) in [5.74, 6) is -2.30. The molecule has 3 aromatic rings. The number of amides is 2. The Morgan fingerprint density at radius 3 is 2.14 bits per heavy atom. The van der Waals surface area contributed by atoms with Gasteiger partial charge in [-0.15, -0.1) is 0 Å². The van der Waals surface area contributed by atoms with Crippen LogP contribution in [-0.2, 0) is 32.6 Å². The molecule has 0 aromatic heterocycles. The van der Waals surface area contributed by atoms with Gasteiger partial charge in [-0.1, -0.05) is 48.5 Å². The van der Waals surface area contributed by atoms with E-state index in [1.165, 1.54) is 35.2 Å². The average molecular weight is 530 g/mol. The second-order valence-corrected chi connectivity index (χ2v) is 10.4. The monoisotopic (exact) mass is 529 g/mol. The number of carbonyl (C=O) groups excluding carboxylic acids is 2. The summed E-state index contributed by atoms with van der Waals surface area (Å²) in [6.07, 6.45) is 1.05. The molecule has 0 aliphatic rings. The summed E-state index contributed by atoms with van der Waals surface area (Å²) < 4.78 is 54.1.